The van der Waals surface area contributed by atoms with Crippen molar-refractivity contribution < 1.29 is 40.6 Å². The van der Waals surface area contributed by atoms with Gasteiger partial charge in [0.05, 0.1) is 19.4 Å². The highest BCUT2D eigenvalue weighted by atomic mass is 32.2. The topological polar surface area (TPSA) is 98.8 Å². The van der Waals surface area contributed by atoms with E-state index in [0.717, 1.165) is 36.2 Å². The first-order chi connectivity index (χ1) is 15.9. The van der Waals surface area contributed by atoms with Crippen LogP contribution in [0.5, 0.6) is 5.75 Å². The molecule has 14 heteroatoms. The number of hydrogen-bond acceptors (Lipinski definition) is 7. The molecule has 0 radical (unpaired) electrons. The van der Waals surface area contributed by atoms with Gasteiger partial charge in [0.25, 0.3) is 5.91 Å². The molecule has 2 aliphatic rings. The summed E-state index contributed by atoms with van der Waals surface area (Å²) in [5.74, 6) is -3.78. The highest BCUT2D eigenvalue weighted by Crippen LogP contribution is 2.50. The van der Waals surface area contributed by atoms with Gasteiger partial charge in [-0.1, -0.05) is 11.8 Å². The number of anilines is 1. The molecule has 1 aromatic carbocycles. The Morgan fingerprint density at radius 3 is 2.71 bits per heavy atom. The van der Waals surface area contributed by atoms with Gasteiger partial charge in [0.2, 0.25) is 0 Å². The summed E-state index contributed by atoms with van der Waals surface area (Å²) in [6, 6.07) is 3.85. The van der Waals surface area contributed by atoms with E-state index in [9.17, 15) is 26.7 Å². The molecule has 2 aliphatic heterocycles. The number of carbonyl (C=O) groups excluding carboxylic acids is 1. The number of nitrogens with zero attached hydrogens (tertiary/aromatic N) is 2. The largest absolute Gasteiger partial charge is 0.482 e. The minimum atomic E-state index is -4.64. The number of benzene rings is 1. The Balaban J connectivity index is 1.59. The number of hydrogen-bond donors (Lipinski definition) is 2. The number of nitrogens with two attached hydrogens (primary N) is 1. The van der Waals surface area contributed by atoms with Crippen LogP contribution in [0.1, 0.15) is 16.1 Å². The third-order valence-corrected chi connectivity index (χ3v) is 6.23. The predicted molar refractivity (Wildman–Crippen MR) is 111 cm³/mol. The summed E-state index contributed by atoms with van der Waals surface area (Å²) in [6.45, 7) is -2.27. The van der Waals surface area contributed by atoms with Crippen LogP contribution in [0.3, 0.4) is 0 Å². The fraction of sp³-hybridized carbons (Fsp3) is 0.350. The van der Waals surface area contributed by atoms with Gasteiger partial charge < -0.3 is 20.5 Å². The van der Waals surface area contributed by atoms with Gasteiger partial charge in [-0.3, -0.25) is 4.79 Å². The van der Waals surface area contributed by atoms with Crippen LogP contribution in [0.4, 0.5) is 32.0 Å². The maximum absolute atomic E-state index is 15.6. The molecule has 2 unspecified atom stereocenters. The molecular formula is C20H16F6N4O3S. The first kappa shape index (κ1) is 24.1. The van der Waals surface area contributed by atoms with Crippen LogP contribution in [-0.2, 0) is 10.3 Å². The van der Waals surface area contributed by atoms with E-state index in [4.69, 9.17) is 10.5 Å². The van der Waals surface area contributed by atoms with Crippen molar-refractivity contribution in [2.24, 2.45) is 10.7 Å². The van der Waals surface area contributed by atoms with E-state index in [1.807, 2.05) is 0 Å². The van der Waals surface area contributed by atoms with Gasteiger partial charge >= 0.3 is 6.18 Å². The Morgan fingerprint density at radius 2 is 2.00 bits per heavy atom. The first-order valence-corrected chi connectivity index (χ1v) is 10.6. The second kappa shape index (κ2) is 8.65. The molecule has 3 N–H and O–H groups in total. The van der Waals surface area contributed by atoms with Crippen LogP contribution < -0.4 is 15.8 Å². The minimum Gasteiger partial charge on any atom is -0.482 e. The van der Waals surface area contributed by atoms with Crippen LogP contribution in [0, 0.1) is 11.6 Å². The number of fused-ring (bicyclic) bond motifs is 1. The molecule has 0 spiro atoms. The lowest BCUT2D eigenvalue weighted by atomic mass is 9.79. The molecule has 0 aliphatic carbocycles. The molecule has 34 heavy (non-hydrogen) atoms. The fourth-order valence-corrected chi connectivity index (χ4v) is 4.55. The number of rotatable bonds is 5. The summed E-state index contributed by atoms with van der Waals surface area (Å²) in [4.78, 5) is 20.2. The Kier molecular flexibility index (Phi) is 6.14. The summed E-state index contributed by atoms with van der Waals surface area (Å²) in [6.07, 6.45) is -3.89. The van der Waals surface area contributed by atoms with Gasteiger partial charge in [-0.05, 0) is 18.2 Å². The summed E-state index contributed by atoms with van der Waals surface area (Å²) >= 11 is 0.970. The standard InChI is InChI=1S/C20H16F6N4O3S/c21-13-2-1-10(3-12(13)19-7-32-6-18(19,23)9-34-17(27)30-19)29-16(31)15-14(22)4-11(5-28-15)33-8-20(24,25)26/h1-5H,6-9H2,(H2,27,30)(H,29,31). The quantitative estimate of drug-likeness (QED) is 0.602. The average Bonchev–Trinajstić information content (AvgIpc) is 3.10. The van der Waals surface area contributed by atoms with E-state index in [-0.39, 0.29) is 35.4 Å². The number of alkyl halides is 4. The van der Waals surface area contributed by atoms with Crippen molar-refractivity contribution >= 4 is 28.5 Å². The zero-order valence-electron chi connectivity index (χ0n) is 17.1. The molecule has 1 aromatic heterocycles. The normalized spacial score (nSPS) is 24.4. The SMILES string of the molecule is NC1=NC2(c3cc(NC(=O)c4ncc(OCC(F)(F)F)cc4F)ccc3F)COCC2(F)CS1. The van der Waals surface area contributed by atoms with E-state index in [0.29, 0.717) is 6.07 Å². The van der Waals surface area contributed by atoms with Gasteiger partial charge in [-0.15, -0.1) is 0 Å². The van der Waals surface area contributed by atoms with Crippen molar-refractivity contribution in [2.75, 3.05) is 30.9 Å². The summed E-state index contributed by atoms with van der Waals surface area (Å²) < 4.78 is 91.1. The number of aliphatic imine (C=N–C) groups is 1. The van der Waals surface area contributed by atoms with E-state index < -0.39 is 53.0 Å². The number of amides is 1. The number of thioether (sulfide) groups is 1. The zero-order chi connectivity index (χ0) is 24.7. The second-order valence-corrected chi connectivity index (χ2v) is 8.61. The number of halogens is 6. The van der Waals surface area contributed by atoms with E-state index in [1.54, 1.807) is 0 Å². The molecule has 1 saturated heterocycles. The molecule has 182 valence electrons. The van der Waals surface area contributed by atoms with Crippen molar-refractivity contribution in [1.82, 2.24) is 4.98 Å². The Hall–Kier alpha value is -3.00. The van der Waals surface area contributed by atoms with Crippen LogP contribution in [0.25, 0.3) is 0 Å². The molecule has 1 fully saturated rings. The lowest BCUT2D eigenvalue weighted by Gasteiger charge is -2.38. The van der Waals surface area contributed by atoms with Gasteiger partial charge in [-0.25, -0.2) is 23.1 Å². The molecular weight excluding hydrogens is 490 g/mol. The molecule has 0 bridgehead atoms. The maximum Gasteiger partial charge on any atom is 0.422 e. The lowest BCUT2D eigenvalue weighted by Crippen LogP contribution is -2.52. The number of aromatic nitrogens is 1. The van der Waals surface area contributed by atoms with Crippen LogP contribution in [0.2, 0.25) is 0 Å². The molecule has 3 heterocycles. The molecule has 2 aromatic rings. The van der Waals surface area contributed by atoms with Crippen molar-refractivity contribution in [3.8, 4) is 5.75 Å². The number of nitrogens with one attached hydrogen (secondary N) is 1. The van der Waals surface area contributed by atoms with Crippen LogP contribution in [0.15, 0.2) is 35.5 Å². The van der Waals surface area contributed by atoms with Crippen molar-refractivity contribution in [3.63, 3.8) is 0 Å². The third kappa shape index (κ3) is 4.51. The van der Waals surface area contributed by atoms with Crippen molar-refractivity contribution in [3.05, 3.63) is 53.4 Å². The van der Waals surface area contributed by atoms with Gasteiger partial charge in [0.1, 0.15) is 11.6 Å². The van der Waals surface area contributed by atoms with Crippen molar-refractivity contribution in [1.29, 1.82) is 0 Å². The van der Waals surface area contributed by atoms with E-state index >= 15 is 4.39 Å². The Bertz CT molecular complexity index is 1160. The molecule has 1 amide bonds. The molecule has 4 rings (SSSR count). The Labute approximate surface area is 192 Å². The average molecular weight is 506 g/mol. The molecule has 7 nitrogen and oxygen atoms in total. The fourth-order valence-electron chi connectivity index (χ4n) is 3.63. The monoisotopic (exact) mass is 506 g/mol. The minimum absolute atomic E-state index is 0.0318. The highest BCUT2D eigenvalue weighted by molar-refractivity contribution is 8.13. The lowest BCUT2D eigenvalue weighted by molar-refractivity contribution is -0.153. The smallest absolute Gasteiger partial charge is 0.422 e. The van der Waals surface area contributed by atoms with Gasteiger partial charge in [0.15, 0.2) is 34.5 Å². The third-order valence-electron chi connectivity index (χ3n) is 5.24. The molecule has 2 atom stereocenters. The van der Waals surface area contributed by atoms with E-state index in [1.165, 1.54) is 0 Å². The number of carbonyl (C=O) groups is 1. The summed E-state index contributed by atoms with van der Waals surface area (Å²) in [7, 11) is 0. The summed E-state index contributed by atoms with van der Waals surface area (Å²) in [5.41, 5.74) is 0.957. The Morgan fingerprint density at radius 1 is 1.24 bits per heavy atom. The first-order valence-electron chi connectivity index (χ1n) is 9.64. The van der Waals surface area contributed by atoms with Gasteiger partial charge in [0, 0.05) is 23.1 Å². The van der Waals surface area contributed by atoms with Crippen molar-refractivity contribution in [2.45, 2.75) is 17.4 Å². The maximum atomic E-state index is 15.6. The highest BCUT2D eigenvalue weighted by Gasteiger charge is 2.61. The van der Waals surface area contributed by atoms with Gasteiger partial charge in [-0.2, -0.15) is 13.2 Å². The number of pyridine rings is 1. The zero-order valence-corrected chi connectivity index (χ0v) is 17.9. The second-order valence-electron chi connectivity index (χ2n) is 7.61. The number of ether oxygens (including phenoxy) is 2. The van der Waals surface area contributed by atoms with E-state index in [2.05, 4.69) is 20.0 Å². The van der Waals surface area contributed by atoms with Crippen LogP contribution >= 0.6 is 11.8 Å². The van der Waals surface area contributed by atoms with Crippen LogP contribution in [-0.4, -0.2) is 53.5 Å². The predicted octanol–water partition coefficient (Wildman–Crippen LogP) is 3.55. The molecule has 0 saturated carbocycles. The summed E-state index contributed by atoms with van der Waals surface area (Å²) in [5, 5.41) is 2.35. The number of amidine groups is 1.